The minimum absolute atomic E-state index is 0.287. The van der Waals surface area contributed by atoms with Gasteiger partial charge in [0.25, 0.3) is 0 Å². The first kappa shape index (κ1) is 24.5. The first-order valence-electron chi connectivity index (χ1n) is 13.6. The van der Waals surface area contributed by atoms with Crippen LogP contribution in [0.15, 0.2) is 48.7 Å². The van der Waals surface area contributed by atoms with Gasteiger partial charge in [-0.15, -0.1) is 0 Å². The molecule has 9 nitrogen and oxygen atoms in total. The van der Waals surface area contributed by atoms with E-state index in [2.05, 4.69) is 26.6 Å². The Morgan fingerprint density at radius 3 is 2.87 bits per heavy atom. The van der Waals surface area contributed by atoms with E-state index in [1.165, 1.54) is 12.0 Å². The molecule has 1 atom stereocenters. The van der Waals surface area contributed by atoms with Crippen molar-refractivity contribution >= 4 is 34.5 Å². The number of pyridine rings is 2. The molecule has 3 aromatic heterocycles. The van der Waals surface area contributed by atoms with E-state index in [4.69, 9.17) is 19.7 Å². The molecule has 9 heteroatoms. The number of esters is 1. The summed E-state index contributed by atoms with van der Waals surface area (Å²) >= 11 is 0. The summed E-state index contributed by atoms with van der Waals surface area (Å²) in [5, 5.41) is 7.53. The Balaban J connectivity index is 1.42. The minimum Gasteiger partial charge on any atom is -0.465 e. The SMILES string of the molecule is CCOC(=O)[C@@]1(c2cc3cnc(Nc4ccc5c(n4)CCNC5)nc3c(N3CCCCC3)n2)C=CC=CC1. The third-order valence-electron chi connectivity index (χ3n) is 7.53. The third-order valence-corrected chi connectivity index (χ3v) is 7.53. The van der Waals surface area contributed by atoms with Crippen LogP contribution >= 0.6 is 0 Å². The number of fused-ring (bicyclic) bond motifs is 2. The molecule has 0 unspecified atom stereocenters. The quantitative estimate of drug-likeness (QED) is 0.473. The molecule has 0 radical (unpaired) electrons. The molecule has 1 aliphatic carbocycles. The van der Waals surface area contributed by atoms with Gasteiger partial charge in [0.1, 0.15) is 16.7 Å². The normalized spacial score (nSPS) is 20.8. The van der Waals surface area contributed by atoms with E-state index in [1.807, 2.05) is 49.6 Å². The van der Waals surface area contributed by atoms with E-state index in [1.54, 1.807) is 0 Å². The van der Waals surface area contributed by atoms with Crippen LogP contribution in [0.4, 0.5) is 17.6 Å². The van der Waals surface area contributed by atoms with E-state index in [0.29, 0.717) is 24.7 Å². The zero-order valence-corrected chi connectivity index (χ0v) is 21.7. The Morgan fingerprint density at radius 2 is 2.05 bits per heavy atom. The second-order valence-corrected chi connectivity index (χ2v) is 10.0. The number of piperidine rings is 1. The molecule has 3 aliphatic rings. The van der Waals surface area contributed by atoms with Crippen LogP contribution in [0.25, 0.3) is 10.9 Å². The van der Waals surface area contributed by atoms with Gasteiger partial charge in [-0.2, -0.15) is 0 Å². The number of anilines is 3. The summed E-state index contributed by atoms with van der Waals surface area (Å²) in [5.41, 5.74) is 2.80. The van der Waals surface area contributed by atoms with Gasteiger partial charge >= 0.3 is 5.97 Å². The predicted octanol–water partition coefficient (Wildman–Crippen LogP) is 4.12. The Morgan fingerprint density at radius 1 is 1.16 bits per heavy atom. The number of rotatable bonds is 6. The number of hydrogen-bond acceptors (Lipinski definition) is 9. The van der Waals surface area contributed by atoms with Crippen LogP contribution in [0.1, 0.15) is 49.6 Å². The summed E-state index contributed by atoms with van der Waals surface area (Å²) in [4.78, 5) is 35.1. The fourth-order valence-corrected chi connectivity index (χ4v) is 5.49. The van der Waals surface area contributed by atoms with Crippen molar-refractivity contribution in [2.24, 2.45) is 0 Å². The van der Waals surface area contributed by atoms with E-state index in [-0.39, 0.29) is 5.97 Å². The number of nitrogens with zero attached hydrogens (tertiary/aromatic N) is 5. The lowest BCUT2D eigenvalue weighted by Crippen LogP contribution is -2.38. The molecule has 3 aromatic rings. The lowest BCUT2D eigenvalue weighted by atomic mass is 9.78. The van der Waals surface area contributed by atoms with Crippen molar-refractivity contribution in [3.63, 3.8) is 0 Å². The summed E-state index contributed by atoms with van der Waals surface area (Å²) in [6.45, 7) is 5.73. The van der Waals surface area contributed by atoms with Crippen molar-refractivity contribution in [3.8, 4) is 0 Å². The number of aromatic nitrogens is 4. The molecule has 1 fully saturated rings. The molecule has 196 valence electrons. The molecule has 5 heterocycles. The van der Waals surface area contributed by atoms with Gasteiger partial charge in [-0.05, 0) is 50.3 Å². The average Bonchev–Trinajstić information content (AvgIpc) is 2.97. The smallest absolute Gasteiger partial charge is 0.322 e. The monoisotopic (exact) mass is 511 g/mol. The summed E-state index contributed by atoms with van der Waals surface area (Å²) in [5.74, 6) is 1.71. The van der Waals surface area contributed by atoms with Crippen molar-refractivity contribution in [2.45, 2.75) is 51.0 Å². The lowest BCUT2D eigenvalue weighted by Gasteiger charge is -2.32. The number of carbonyl (C=O) groups excluding carboxylic acids is 1. The largest absolute Gasteiger partial charge is 0.465 e. The number of nitrogens with one attached hydrogen (secondary N) is 2. The lowest BCUT2D eigenvalue weighted by molar-refractivity contribution is -0.148. The van der Waals surface area contributed by atoms with Crippen LogP contribution in [-0.2, 0) is 27.9 Å². The Hall–Kier alpha value is -3.85. The Bertz CT molecular complexity index is 1410. The third kappa shape index (κ3) is 4.62. The number of allylic oxidation sites excluding steroid dienone is 3. The molecule has 0 aromatic carbocycles. The molecule has 0 spiro atoms. The van der Waals surface area contributed by atoms with Gasteiger partial charge in [0.15, 0.2) is 5.82 Å². The van der Waals surface area contributed by atoms with Crippen LogP contribution in [0.2, 0.25) is 0 Å². The van der Waals surface area contributed by atoms with E-state index >= 15 is 0 Å². The standard InChI is InChI=1S/C29H33N7O2/c1-2-38-27(37)29(12-5-3-6-13-29)23-17-21-19-31-28(34-24-10-9-20-18-30-14-11-22(20)32-24)35-25(21)26(33-23)36-15-7-4-8-16-36/h3,5-6,9-10,12,17,19,30H,2,4,7-8,11,13-16,18H2,1H3,(H,31,32,34,35)/t29-/m0/s1. The molecule has 2 aliphatic heterocycles. The van der Waals surface area contributed by atoms with Crippen molar-refractivity contribution in [1.29, 1.82) is 0 Å². The molecule has 0 saturated carbocycles. The Kier molecular flexibility index (Phi) is 6.76. The maximum absolute atomic E-state index is 13.3. The van der Waals surface area contributed by atoms with Crippen LogP contribution in [0.3, 0.4) is 0 Å². The van der Waals surface area contributed by atoms with Gasteiger partial charge in [0, 0.05) is 49.9 Å². The second kappa shape index (κ2) is 10.5. The number of ether oxygens (including phenoxy) is 1. The number of carbonyl (C=O) groups is 1. The van der Waals surface area contributed by atoms with Gasteiger partial charge < -0.3 is 20.3 Å². The second-order valence-electron chi connectivity index (χ2n) is 10.0. The highest BCUT2D eigenvalue weighted by Gasteiger charge is 2.41. The van der Waals surface area contributed by atoms with Crippen LogP contribution < -0.4 is 15.5 Å². The average molecular weight is 512 g/mol. The minimum atomic E-state index is -0.970. The fraction of sp³-hybridized carbons (Fsp3) is 0.414. The van der Waals surface area contributed by atoms with Crippen LogP contribution in [-0.4, -0.2) is 52.1 Å². The maximum Gasteiger partial charge on any atom is 0.322 e. The highest BCUT2D eigenvalue weighted by atomic mass is 16.5. The van der Waals surface area contributed by atoms with Crippen molar-refractivity contribution in [3.05, 3.63) is 65.7 Å². The number of hydrogen-bond donors (Lipinski definition) is 2. The van der Waals surface area contributed by atoms with Crippen LogP contribution in [0.5, 0.6) is 0 Å². The molecule has 38 heavy (non-hydrogen) atoms. The summed E-state index contributed by atoms with van der Waals surface area (Å²) in [6, 6.07) is 6.02. The highest BCUT2D eigenvalue weighted by molar-refractivity contribution is 5.93. The van der Waals surface area contributed by atoms with Crippen molar-refractivity contribution in [1.82, 2.24) is 25.3 Å². The highest BCUT2D eigenvalue weighted by Crippen LogP contribution is 2.37. The van der Waals surface area contributed by atoms with Gasteiger partial charge in [-0.3, -0.25) is 4.79 Å². The van der Waals surface area contributed by atoms with Crippen molar-refractivity contribution in [2.75, 3.05) is 36.5 Å². The topological polar surface area (TPSA) is 105 Å². The van der Waals surface area contributed by atoms with E-state index in [9.17, 15) is 4.79 Å². The first-order valence-corrected chi connectivity index (χ1v) is 13.6. The van der Waals surface area contributed by atoms with E-state index in [0.717, 1.165) is 73.7 Å². The maximum atomic E-state index is 13.3. The summed E-state index contributed by atoms with van der Waals surface area (Å²) in [7, 11) is 0. The molecular formula is C29H33N7O2. The van der Waals surface area contributed by atoms with Gasteiger partial charge in [0.05, 0.1) is 12.3 Å². The molecule has 0 amide bonds. The first-order chi connectivity index (χ1) is 18.7. The molecule has 2 N–H and O–H groups in total. The van der Waals surface area contributed by atoms with Gasteiger partial charge in [-0.25, -0.2) is 19.9 Å². The van der Waals surface area contributed by atoms with Gasteiger partial charge in [0.2, 0.25) is 5.95 Å². The molecule has 0 bridgehead atoms. The van der Waals surface area contributed by atoms with Gasteiger partial charge in [-0.1, -0.05) is 30.4 Å². The summed E-state index contributed by atoms with van der Waals surface area (Å²) < 4.78 is 5.53. The zero-order chi connectivity index (χ0) is 26.0. The predicted molar refractivity (Wildman–Crippen MR) is 148 cm³/mol. The Labute approximate surface area is 222 Å². The van der Waals surface area contributed by atoms with Crippen LogP contribution in [0, 0.1) is 0 Å². The van der Waals surface area contributed by atoms with Crippen molar-refractivity contribution < 1.29 is 9.53 Å². The molecule has 6 rings (SSSR count). The summed E-state index contributed by atoms with van der Waals surface area (Å²) in [6.07, 6.45) is 14.4. The fourth-order valence-electron chi connectivity index (χ4n) is 5.49. The zero-order valence-electron chi connectivity index (χ0n) is 21.7. The molecular weight excluding hydrogens is 478 g/mol. The molecule has 1 saturated heterocycles. The van der Waals surface area contributed by atoms with E-state index < -0.39 is 5.41 Å².